The monoisotopic (exact) mass is 323 g/mol. The summed E-state index contributed by atoms with van der Waals surface area (Å²) in [6, 6.07) is 9.97. The van der Waals surface area contributed by atoms with E-state index in [4.69, 9.17) is 0 Å². The first-order valence-corrected chi connectivity index (χ1v) is 8.05. The van der Waals surface area contributed by atoms with Crippen LogP contribution in [-0.2, 0) is 4.79 Å². The summed E-state index contributed by atoms with van der Waals surface area (Å²) in [6.07, 6.45) is 4.96. The van der Waals surface area contributed by atoms with Gasteiger partial charge in [-0.15, -0.1) is 0 Å². The number of halogens is 1. The molecule has 2 nitrogen and oxygen atoms in total. The molecule has 3 heteroatoms. The largest absolute Gasteiger partial charge is 0.355 e. The lowest BCUT2D eigenvalue weighted by Crippen LogP contribution is -2.34. The fourth-order valence-corrected chi connectivity index (χ4v) is 3.55. The standard InChI is InChI=1S/C16H22BrNO/c1-12(14-7-3-2-4-8-14)16(19)18-11-13-6-5-9-15(17)10-13/h2-4,7-8,12-13,15H,5-6,9-11H2,1H3,(H,18,19). The number of hydrogen-bond donors (Lipinski definition) is 1. The van der Waals surface area contributed by atoms with E-state index in [0.717, 1.165) is 12.1 Å². The number of rotatable bonds is 4. The Balaban J connectivity index is 1.81. The number of nitrogens with one attached hydrogen (secondary N) is 1. The molecule has 0 aliphatic heterocycles. The highest BCUT2D eigenvalue weighted by atomic mass is 79.9. The minimum Gasteiger partial charge on any atom is -0.355 e. The molecule has 1 aromatic carbocycles. The zero-order chi connectivity index (χ0) is 13.7. The Labute approximate surface area is 124 Å². The maximum Gasteiger partial charge on any atom is 0.227 e. The Hall–Kier alpha value is -0.830. The fraction of sp³-hybridized carbons (Fsp3) is 0.562. The van der Waals surface area contributed by atoms with Gasteiger partial charge in [-0.1, -0.05) is 52.7 Å². The summed E-state index contributed by atoms with van der Waals surface area (Å²) >= 11 is 3.69. The van der Waals surface area contributed by atoms with E-state index in [1.54, 1.807) is 0 Å². The number of carbonyl (C=O) groups excluding carboxylic acids is 1. The molecule has 19 heavy (non-hydrogen) atoms. The summed E-state index contributed by atoms with van der Waals surface area (Å²) in [5, 5.41) is 3.11. The maximum absolute atomic E-state index is 12.1. The average Bonchev–Trinajstić information content (AvgIpc) is 2.45. The first-order chi connectivity index (χ1) is 9.16. The molecular formula is C16H22BrNO. The third kappa shape index (κ3) is 4.34. The molecular weight excluding hydrogens is 302 g/mol. The molecule has 104 valence electrons. The first-order valence-electron chi connectivity index (χ1n) is 7.13. The van der Waals surface area contributed by atoms with Gasteiger partial charge in [0, 0.05) is 11.4 Å². The molecule has 1 amide bonds. The smallest absolute Gasteiger partial charge is 0.227 e. The summed E-state index contributed by atoms with van der Waals surface area (Å²) in [5.74, 6) is 0.706. The second-order valence-corrected chi connectivity index (χ2v) is 6.80. The van der Waals surface area contributed by atoms with Gasteiger partial charge in [-0.3, -0.25) is 4.79 Å². The molecule has 0 aromatic heterocycles. The van der Waals surface area contributed by atoms with Crippen LogP contribution in [0.1, 0.15) is 44.1 Å². The van der Waals surface area contributed by atoms with Crippen LogP contribution in [0.2, 0.25) is 0 Å². The topological polar surface area (TPSA) is 29.1 Å². The second kappa shape index (κ2) is 7.09. The molecule has 0 bridgehead atoms. The quantitative estimate of drug-likeness (QED) is 0.837. The predicted octanol–water partition coefficient (Wildman–Crippen LogP) is 3.86. The van der Waals surface area contributed by atoms with Crippen molar-refractivity contribution >= 4 is 21.8 Å². The lowest BCUT2D eigenvalue weighted by molar-refractivity contribution is -0.122. The van der Waals surface area contributed by atoms with Crippen LogP contribution < -0.4 is 5.32 Å². The third-order valence-corrected chi connectivity index (χ3v) is 4.81. The van der Waals surface area contributed by atoms with Crippen LogP contribution in [0.3, 0.4) is 0 Å². The van der Waals surface area contributed by atoms with E-state index in [-0.39, 0.29) is 11.8 Å². The lowest BCUT2D eigenvalue weighted by atomic mass is 9.89. The zero-order valence-electron chi connectivity index (χ0n) is 11.4. The van der Waals surface area contributed by atoms with Crippen molar-refractivity contribution in [3.8, 4) is 0 Å². The SMILES string of the molecule is CC(C(=O)NCC1CCCC(Br)C1)c1ccccc1. The molecule has 0 spiro atoms. The van der Waals surface area contributed by atoms with Crippen LogP contribution in [0.5, 0.6) is 0 Å². The fourth-order valence-electron chi connectivity index (χ4n) is 2.70. The minimum atomic E-state index is -0.0652. The number of amides is 1. The molecule has 3 atom stereocenters. The van der Waals surface area contributed by atoms with Crippen LogP contribution in [0.25, 0.3) is 0 Å². The summed E-state index contributed by atoms with van der Waals surface area (Å²) < 4.78 is 0. The normalized spacial score (nSPS) is 24.7. The van der Waals surface area contributed by atoms with Gasteiger partial charge in [-0.05, 0) is 37.7 Å². The average molecular weight is 324 g/mol. The van der Waals surface area contributed by atoms with Crippen LogP contribution in [-0.4, -0.2) is 17.3 Å². The van der Waals surface area contributed by atoms with E-state index in [9.17, 15) is 4.79 Å². The highest BCUT2D eigenvalue weighted by Crippen LogP contribution is 2.28. The van der Waals surface area contributed by atoms with Gasteiger partial charge in [0.1, 0.15) is 0 Å². The second-order valence-electron chi connectivity index (χ2n) is 5.51. The maximum atomic E-state index is 12.1. The number of carbonyl (C=O) groups is 1. The summed E-state index contributed by atoms with van der Waals surface area (Å²) in [5.41, 5.74) is 1.09. The van der Waals surface area contributed by atoms with E-state index in [1.165, 1.54) is 25.7 Å². The van der Waals surface area contributed by atoms with E-state index in [2.05, 4.69) is 21.2 Å². The zero-order valence-corrected chi connectivity index (χ0v) is 13.0. The van der Waals surface area contributed by atoms with Crippen LogP contribution in [0.15, 0.2) is 30.3 Å². The molecule has 0 heterocycles. The van der Waals surface area contributed by atoms with Crippen molar-refractivity contribution in [2.45, 2.75) is 43.4 Å². The molecule has 2 rings (SSSR count). The summed E-state index contributed by atoms with van der Waals surface area (Å²) in [7, 11) is 0. The number of alkyl halides is 1. The molecule has 1 saturated carbocycles. The first kappa shape index (κ1) is 14.6. The number of benzene rings is 1. The Morgan fingerprint density at radius 3 is 2.79 bits per heavy atom. The molecule has 1 aromatic rings. The lowest BCUT2D eigenvalue weighted by Gasteiger charge is -2.26. The van der Waals surface area contributed by atoms with Crippen molar-refractivity contribution < 1.29 is 4.79 Å². The van der Waals surface area contributed by atoms with Crippen LogP contribution >= 0.6 is 15.9 Å². The Kier molecular flexibility index (Phi) is 5.44. The summed E-state index contributed by atoms with van der Waals surface area (Å²) in [4.78, 5) is 12.8. The van der Waals surface area contributed by atoms with Crippen molar-refractivity contribution in [2.75, 3.05) is 6.54 Å². The minimum absolute atomic E-state index is 0.0652. The molecule has 1 aliphatic rings. The van der Waals surface area contributed by atoms with Crippen molar-refractivity contribution in [3.63, 3.8) is 0 Å². The van der Waals surface area contributed by atoms with E-state index >= 15 is 0 Å². The predicted molar refractivity (Wildman–Crippen MR) is 82.5 cm³/mol. The van der Waals surface area contributed by atoms with E-state index in [0.29, 0.717) is 10.7 Å². The van der Waals surface area contributed by atoms with E-state index < -0.39 is 0 Å². The van der Waals surface area contributed by atoms with Crippen molar-refractivity contribution in [3.05, 3.63) is 35.9 Å². The van der Waals surface area contributed by atoms with Gasteiger partial charge >= 0.3 is 0 Å². The molecule has 3 unspecified atom stereocenters. The van der Waals surface area contributed by atoms with Crippen molar-refractivity contribution in [1.29, 1.82) is 0 Å². The molecule has 1 N–H and O–H groups in total. The molecule has 0 saturated heterocycles. The van der Waals surface area contributed by atoms with Gasteiger partial charge in [0.05, 0.1) is 5.92 Å². The Morgan fingerprint density at radius 1 is 1.37 bits per heavy atom. The van der Waals surface area contributed by atoms with Gasteiger partial charge in [0.25, 0.3) is 0 Å². The summed E-state index contributed by atoms with van der Waals surface area (Å²) in [6.45, 7) is 2.79. The highest BCUT2D eigenvalue weighted by Gasteiger charge is 2.21. The Bertz CT molecular complexity index is 406. The van der Waals surface area contributed by atoms with Crippen LogP contribution in [0, 0.1) is 5.92 Å². The van der Waals surface area contributed by atoms with Gasteiger partial charge in [0.15, 0.2) is 0 Å². The van der Waals surface area contributed by atoms with Gasteiger partial charge in [-0.2, -0.15) is 0 Å². The van der Waals surface area contributed by atoms with Crippen LogP contribution in [0.4, 0.5) is 0 Å². The van der Waals surface area contributed by atoms with Gasteiger partial charge in [-0.25, -0.2) is 0 Å². The third-order valence-electron chi connectivity index (χ3n) is 3.98. The molecule has 1 aliphatic carbocycles. The molecule has 1 fully saturated rings. The van der Waals surface area contributed by atoms with Gasteiger partial charge < -0.3 is 5.32 Å². The Morgan fingerprint density at radius 2 is 2.11 bits per heavy atom. The number of hydrogen-bond acceptors (Lipinski definition) is 1. The molecule has 0 radical (unpaired) electrons. The van der Waals surface area contributed by atoms with Gasteiger partial charge in [0.2, 0.25) is 5.91 Å². The highest BCUT2D eigenvalue weighted by molar-refractivity contribution is 9.09. The van der Waals surface area contributed by atoms with Crippen molar-refractivity contribution in [2.24, 2.45) is 5.92 Å². The van der Waals surface area contributed by atoms with E-state index in [1.807, 2.05) is 37.3 Å². The van der Waals surface area contributed by atoms with Crippen molar-refractivity contribution in [1.82, 2.24) is 5.32 Å².